The van der Waals surface area contributed by atoms with Crippen LogP contribution in [-0.4, -0.2) is 36.8 Å². The number of imide groups is 1. The minimum Gasteiger partial charge on any atom is -0.379 e. The largest absolute Gasteiger partial charge is 0.379 e. The normalized spacial score (nSPS) is 29.3. The van der Waals surface area contributed by atoms with Gasteiger partial charge in [0.25, 0.3) is 5.91 Å². The number of nitrogens with one attached hydrogen (secondary N) is 2. The van der Waals surface area contributed by atoms with Gasteiger partial charge in [-0.1, -0.05) is 30.3 Å². The first kappa shape index (κ1) is 13.1. The van der Waals surface area contributed by atoms with Gasteiger partial charge in [-0.15, -0.1) is 0 Å². The second kappa shape index (κ2) is 5.22. The van der Waals surface area contributed by atoms with E-state index < -0.39 is 17.7 Å². The molecule has 0 radical (unpaired) electrons. The number of carbonyl (C=O) groups is 2. The van der Waals surface area contributed by atoms with Crippen molar-refractivity contribution in [3.05, 3.63) is 35.9 Å². The summed E-state index contributed by atoms with van der Waals surface area (Å²) < 4.78 is 11.2. The fraction of sp³-hybridized carbons (Fsp3) is 0.429. The quantitative estimate of drug-likeness (QED) is 0.791. The summed E-state index contributed by atoms with van der Waals surface area (Å²) in [6.45, 7) is 1.10. The number of carbonyl (C=O) groups excluding carboxylic acids is 2. The van der Waals surface area contributed by atoms with Crippen LogP contribution in [0.15, 0.2) is 30.3 Å². The molecule has 2 fully saturated rings. The molecule has 3 amide bonds. The topological polar surface area (TPSA) is 76.7 Å². The molecule has 6 nitrogen and oxygen atoms in total. The average molecular weight is 276 g/mol. The lowest BCUT2D eigenvalue weighted by Crippen LogP contribution is -2.61. The van der Waals surface area contributed by atoms with Crippen molar-refractivity contribution in [3.63, 3.8) is 0 Å². The van der Waals surface area contributed by atoms with E-state index in [0.29, 0.717) is 26.2 Å². The van der Waals surface area contributed by atoms with Crippen LogP contribution in [0.1, 0.15) is 12.0 Å². The van der Waals surface area contributed by atoms with E-state index >= 15 is 0 Å². The second-order valence-electron chi connectivity index (χ2n) is 4.99. The first-order valence-electron chi connectivity index (χ1n) is 6.57. The highest BCUT2D eigenvalue weighted by atomic mass is 16.5. The molecule has 0 bridgehead atoms. The van der Waals surface area contributed by atoms with Crippen LogP contribution in [0.5, 0.6) is 0 Å². The Balaban J connectivity index is 1.73. The van der Waals surface area contributed by atoms with Gasteiger partial charge >= 0.3 is 6.03 Å². The Bertz CT molecular complexity index is 519. The van der Waals surface area contributed by atoms with E-state index in [2.05, 4.69) is 10.6 Å². The van der Waals surface area contributed by atoms with Gasteiger partial charge in [0.05, 0.1) is 13.2 Å². The van der Waals surface area contributed by atoms with Gasteiger partial charge in [0.1, 0.15) is 6.10 Å². The van der Waals surface area contributed by atoms with Crippen LogP contribution in [0.4, 0.5) is 4.79 Å². The Labute approximate surface area is 116 Å². The first-order chi connectivity index (χ1) is 9.71. The zero-order chi connectivity index (χ0) is 14.0. The molecule has 1 aromatic rings. The molecule has 0 saturated carbocycles. The van der Waals surface area contributed by atoms with E-state index in [0.717, 1.165) is 5.56 Å². The molecule has 2 N–H and O–H groups in total. The lowest BCUT2D eigenvalue weighted by Gasteiger charge is -2.37. The summed E-state index contributed by atoms with van der Waals surface area (Å²) in [5.41, 5.74) is 0.0161. The summed E-state index contributed by atoms with van der Waals surface area (Å²) in [5.74, 6) is -0.330. The van der Waals surface area contributed by atoms with E-state index in [1.165, 1.54) is 0 Å². The zero-order valence-corrected chi connectivity index (χ0v) is 10.9. The summed E-state index contributed by atoms with van der Waals surface area (Å²) >= 11 is 0. The summed E-state index contributed by atoms with van der Waals surface area (Å²) in [6.07, 6.45) is -0.0628. The van der Waals surface area contributed by atoms with E-state index in [4.69, 9.17) is 9.47 Å². The van der Waals surface area contributed by atoms with Crippen molar-refractivity contribution in [2.75, 3.05) is 13.2 Å². The van der Waals surface area contributed by atoms with Crippen LogP contribution in [0, 0.1) is 0 Å². The van der Waals surface area contributed by atoms with Gasteiger partial charge in [-0.2, -0.15) is 0 Å². The third kappa shape index (κ3) is 2.28. The predicted molar refractivity (Wildman–Crippen MR) is 69.9 cm³/mol. The Hall–Kier alpha value is -1.92. The molecule has 0 aromatic heterocycles. The molecule has 3 rings (SSSR count). The lowest BCUT2D eigenvalue weighted by atomic mass is 9.87. The van der Waals surface area contributed by atoms with Gasteiger partial charge in [0.2, 0.25) is 0 Å². The van der Waals surface area contributed by atoms with Gasteiger partial charge in [0, 0.05) is 13.0 Å². The van der Waals surface area contributed by atoms with Crippen molar-refractivity contribution in [2.45, 2.75) is 24.7 Å². The maximum atomic E-state index is 12.1. The number of benzene rings is 1. The lowest BCUT2D eigenvalue weighted by molar-refractivity contribution is -0.145. The Morgan fingerprint density at radius 2 is 2.10 bits per heavy atom. The Kier molecular flexibility index (Phi) is 3.42. The molecule has 2 atom stereocenters. The Morgan fingerprint density at radius 3 is 2.80 bits per heavy atom. The molecular weight excluding hydrogens is 260 g/mol. The van der Waals surface area contributed by atoms with E-state index in [9.17, 15) is 9.59 Å². The predicted octanol–water partition coefficient (Wildman–Crippen LogP) is 0.570. The van der Waals surface area contributed by atoms with Crippen LogP contribution in [0.3, 0.4) is 0 Å². The SMILES string of the molecule is O=C1NC(=O)[C@]2(CCOC[C@@H]2OCc2ccccc2)N1. The highest BCUT2D eigenvalue weighted by Crippen LogP contribution is 2.27. The number of urea groups is 1. The molecule has 6 heteroatoms. The van der Waals surface area contributed by atoms with E-state index in [-0.39, 0.29) is 5.91 Å². The van der Waals surface area contributed by atoms with Crippen molar-refractivity contribution in [1.29, 1.82) is 0 Å². The van der Waals surface area contributed by atoms with Gasteiger partial charge < -0.3 is 14.8 Å². The molecule has 2 aliphatic rings. The molecule has 2 heterocycles. The van der Waals surface area contributed by atoms with Crippen LogP contribution in [0.25, 0.3) is 0 Å². The standard InChI is InChI=1S/C14H16N2O4/c17-12-14(16-13(18)15-12)6-7-19-9-11(14)20-8-10-4-2-1-3-5-10/h1-5,11H,6-9H2,(H2,15,16,17,18)/t11-,14+/m0/s1. The van der Waals surface area contributed by atoms with E-state index in [1.54, 1.807) is 0 Å². The first-order valence-corrected chi connectivity index (χ1v) is 6.57. The van der Waals surface area contributed by atoms with Crippen molar-refractivity contribution in [3.8, 4) is 0 Å². The number of hydrogen-bond acceptors (Lipinski definition) is 4. The fourth-order valence-electron chi connectivity index (χ4n) is 2.60. The highest BCUT2D eigenvalue weighted by Gasteiger charge is 2.54. The maximum Gasteiger partial charge on any atom is 0.322 e. The summed E-state index contributed by atoms with van der Waals surface area (Å²) in [7, 11) is 0. The van der Waals surface area contributed by atoms with Gasteiger partial charge in [-0.05, 0) is 5.56 Å². The molecule has 20 heavy (non-hydrogen) atoms. The van der Waals surface area contributed by atoms with Crippen molar-refractivity contribution >= 4 is 11.9 Å². The second-order valence-corrected chi connectivity index (χ2v) is 4.99. The number of hydrogen-bond donors (Lipinski definition) is 2. The molecule has 1 spiro atoms. The summed E-state index contributed by atoms with van der Waals surface area (Å²) in [6, 6.07) is 9.21. The molecule has 1 aromatic carbocycles. The average Bonchev–Trinajstić information content (AvgIpc) is 2.74. The van der Waals surface area contributed by atoms with Gasteiger partial charge in [-0.25, -0.2) is 4.79 Å². The number of ether oxygens (including phenoxy) is 2. The number of amides is 3. The highest BCUT2D eigenvalue weighted by molar-refractivity contribution is 6.07. The molecule has 2 aliphatic heterocycles. The van der Waals surface area contributed by atoms with Gasteiger partial charge in [0.15, 0.2) is 5.54 Å². The minimum absolute atomic E-state index is 0.292. The molecule has 106 valence electrons. The molecule has 0 unspecified atom stereocenters. The maximum absolute atomic E-state index is 12.1. The number of rotatable bonds is 3. The van der Waals surface area contributed by atoms with Crippen LogP contribution in [-0.2, 0) is 20.9 Å². The summed E-state index contributed by atoms with van der Waals surface area (Å²) in [5, 5.41) is 4.98. The third-order valence-electron chi connectivity index (χ3n) is 3.72. The van der Waals surface area contributed by atoms with Crippen LogP contribution < -0.4 is 10.6 Å². The minimum atomic E-state index is -0.996. The van der Waals surface area contributed by atoms with Crippen molar-refractivity contribution in [2.24, 2.45) is 0 Å². The molecular formula is C14H16N2O4. The van der Waals surface area contributed by atoms with Crippen molar-refractivity contribution < 1.29 is 19.1 Å². The van der Waals surface area contributed by atoms with E-state index in [1.807, 2.05) is 30.3 Å². The monoisotopic (exact) mass is 276 g/mol. The zero-order valence-electron chi connectivity index (χ0n) is 10.9. The van der Waals surface area contributed by atoms with Crippen molar-refractivity contribution in [1.82, 2.24) is 10.6 Å². The molecule has 2 saturated heterocycles. The van der Waals surface area contributed by atoms with Gasteiger partial charge in [-0.3, -0.25) is 10.1 Å². The Morgan fingerprint density at radius 1 is 1.30 bits per heavy atom. The van der Waals surface area contributed by atoms with Crippen LogP contribution >= 0.6 is 0 Å². The third-order valence-corrected chi connectivity index (χ3v) is 3.72. The smallest absolute Gasteiger partial charge is 0.322 e. The summed E-state index contributed by atoms with van der Waals surface area (Å²) in [4.78, 5) is 23.5. The fourth-order valence-corrected chi connectivity index (χ4v) is 2.60. The van der Waals surface area contributed by atoms with Crippen LogP contribution in [0.2, 0.25) is 0 Å². The molecule has 0 aliphatic carbocycles.